The third kappa shape index (κ3) is 3.72. The fourth-order valence-corrected chi connectivity index (χ4v) is 2.81. The summed E-state index contributed by atoms with van der Waals surface area (Å²) in [5, 5.41) is 0.991. The van der Waals surface area contributed by atoms with E-state index < -0.39 is 0 Å². The van der Waals surface area contributed by atoms with Crippen molar-refractivity contribution >= 4 is 29.0 Å². The monoisotopic (exact) mass is 297 g/mol. The van der Waals surface area contributed by atoms with Crippen LogP contribution in [-0.2, 0) is 5.75 Å². The minimum Gasteiger partial charge on any atom is -0.330 e. The molecule has 0 saturated heterocycles. The maximum absolute atomic E-state index is 12.0. The van der Waals surface area contributed by atoms with Crippen molar-refractivity contribution in [2.24, 2.45) is 5.73 Å². The van der Waals surface area contributed by atoms with Gasteiger partial charge in [-0.1, -0.05) is 18.5 Å². The van der Waals surface area contributed by atoms with Crippen molar-refractivity contribution in [2.75, 3.05) is 6.54 Å². The van der Waals surface area contributed by atoms with Crippen LogP contribution in [0.3, 0.4) is 0 Å². The zero-order valence-electron chi connectivity index (χ0n) is 10.7. The standard InChI is InChI=1S/C13H16ClN3OS/c1-9(4-5-15)19-8-11-6-13(18)17-7-10(14)2-3-12(17)16-11/h2-3,6-7,9H,4-5,8,15H2,1H3. The predicted octanol–water partition coefficient (Wildman–Crippen LogP) is 2.32. The number of rotatable bonds is 5. The lowest BCUT2D eigenvalue weighted by Crippen LogP contribution is -2.15. The molecular weight excluding hydrogens is 282 g/mol. The lowest BCUT2D eigenvalue weighted by Gasteiger charge is -2.09. The Kier molecular flexibility index (Phi) is 4.85. The molecule has 0 amide bonds. The summed E-state index contributed by atoms with van der Waals surface area (Å²) in [6, 6.07) is 5.05. The molecule has 0 bridgehead atoms. The number of hydrogen-bond donors (Lipinski definition) is 1. The normalized spacial score (nSPS) is 12.8. The maximum Gasteiger partial charge on any atom is 0.258 e. The zero-order chi connectivity index (χ0) is 13.8. The zero-order valence-corrected chi connectivity index (χ0v) is 12.2. The number of fused-ring (bicyclic) bond motifs is 1. The summed E-state index contributed by atoms with van der Waals surface area (Å²) >= 11 is 7.62. The SMILES string of the molecule is CC(CCN)SCc1cc(=O)n2cc(Cl)ccc2n1. The molecule has 102 valence electrons. The third-order valence-electron chi connectivity index (χ3n) is 2.77. The van der Waals surface area contributed by atoms with Gasteiger partial charge in [0.05, 0.1) is 10.7 Å². The van der Waals surface area contributed by atoms with E-state index in [-0.39, 0.29) is 5.56 Å². The van der Waals surface area contributed by atoms with Gasteiger partial charge in [0.25, 0.3) is 5.56 Å². The fourth-order valence-electron chi connectivity index (χ4n) is 1.75. The van der Waals surface area contributed by atoms with Crippen LogP contribution >= 0.6 is 23.4 Å². The molecule has 2 rings (SSSR count). The number of halogens is 1. The Labute approximate surface area is 121 Å². The van der Waals surface area contributed by atoms with Gasteiger partial charge in [0.1, 0.15) is 5.65 Å². The van der Waals surface area contributed by atoms with Crippen LogP contribution in [0.2, 0.25) is 5.02 Å². The molecule has 4 nitrogen and oxygen atoms in total. The van der Waals surface area contributed by atoms with E-state index in [0.717, 1.165) is 17.9 Å². The van der Waals surface area contributed by atoms with Gasteiger partial charge < -0.3 is 5.73 Å². The Morgan fingerprint density at radius 3 is 3.05 bits per heavy atom. The molecule has 0 aliphatic rings. The van der Waals surface area contributed by atoms with Crippen LogP contribution < -0.4 is 11.3 Å². The second-order valence-corrected chi connectivity index (χ2v) is 6.22. The van der Waals surface area contributed by atoms with E-state index in [4.69, 9.17) is 17.3 Å². The van der Waals surface area contributed by atoms with Crippen molar-refractivity contribution in [3.05, 3.63) is 45.5 Å². The number of thioether (sulfide) groups is 1. The Hall–Kier alpha value is -1.04. The van der Waals surface area contributed by atoms with Crippen molar-refractivity contribution in [3.63, 3.8) is 0 Å². The summed E-state index contributed by atoms with van der Waals surface area (Å²) in [5.41, 5.74) is 6.83. The summed E-state index contributed by atoms with van der Waals surface area (Å²) in [7, 11) is 0. The molecule has 2 aromatic rings. The molecule has 0 radical (unpaired) electrons. The summed E-state index contributed by atoms with van der Waals surface area (Å²) in [6.45, 7) is 2.81. The molecule has 2 N–H and O–H groups in total. The number of nitrogens with two attached hydrogens (primary N) is 1. The number of nitrogens with zero attached hydrogens (tertiary/aromatic N) is 2. The molecule has 0 aliphatic carbocycles. The highest BCUT2D eigenvalue weighted by atomic mass is 35.5. The van der Waals surface area contributed by atoms with Crippen LogP contribution in [0.4, 0.5) is 0 Å². The minimum atomic E-state index is -0.102. The van der Waals surface area contributed by atoms with Gasteiger partial charge in [-0.25, -0.2) is 4.98 Å². The average molecular weight is 298 g/mol. The van der Waals surface area contributed by atoms with E-state index in [1.165, 1.54) is 4.40 Å². The van der Waals surface area contributed by atoms with Crippen LogP contribution in [-0.4, -0.2) is 21.2 Å². The first-order valence-electron chi connectivity index (χ1n) is 6.09. The Balaban J connectivity index is 2.21. The molecule has 0 aromatic carbocycles. The van der Waals surface area contributed by atoms with Crippen LogP contribution in [0.5, 0.6) is 0 Å². The second kappa shape index (κ2) is 6.41. The maximum atomic E-state index is 12.0. The number of hydrogen-bond acceptors (Lipinski definition) is 4. The number of pyridine rings is 1. The molecule has 0 aliphatic heterocycles. The molecule has 1 atom stereocenters. The molecule has 2 aromatic heterocycles. The van der Waals surface area contributed by atoms with Crippen LogP contribution in [0.25, 0.3) is 5.65 Å². The van der Waals surface area contributed by atoms with E-state index in [1.807, 2.05) is 0 Å². The molecule has 2 heterocycles. The molecular formula is C13H16ClN3OS. The van der Waals surface area contributed by atoms with Gasteiger partial charge in [-0.05, 0) is 25.1 Å². The summed E-state index contributed by atoms with van der Waals surface area (Å²) < 4.78 is 1.46. The topological polar surface area (TPSA) is 60.4 Å². The molecule has 1 unspecified atom stereocenters. The molecule has 0 saturated carbocycles. The van der Waals surface area contributed by atoms with Crippen molar-refractivity contribution in [1.82, 2.24) is 9.38 Å². The Bertz CT molecular complexity index is 629. The van der Waals surface area contributed by atoms with Crippen LogP contribution in [0.15, 0.2) is 29.2 Å². The average Bonchev–Trinajstić information content (AvgIpc) is 2.38. The summed E-state index contributed by atoms with van der Waals surface area (Å²) in [4.78, 5) is 16.4. The van der Waals surface area contributed by atoms with Crippen molar-refractivity contribution in [3.8, 4) is 0 Å². The van der Waals surface area contributed by atoms with Crippen molar-refractivity contribution in [2.45, 2.75) is 24.3 Å². The first-order valence-corrected chi connectivity index (χ1v) is 7.52. The highest BCUT2D eigenvalue weighted by Gasteiger charge is 2.06. The molecule has 0 fully saturated rings. The Morgan fingerprint density at radius 1 is 1.53 bits per heavy atom. The van der Waals surface area contributed by atoms with Gasteiger partial charge in [0.2, 0.25) is 0 Å². The van der Waals surface area contributed by atoms with E-state index in [9.17, 15) is 4.79 Å². The van der Waals surface area contributed by atoms with Crippen LogP contribution in [0, 0.1) is 0 Å². The van der Waals surface area contributed by atoms with E-state index >= 15 is 0 Å². The molecule has 0 spiro atoms. The predicted molar refractivity (Wildman–Crippen MR) is 80.9 cm³/mol. The Morgan fingerprint density at radius 2 is 2.32 bits per heavy atom. The van der Waals surface area contributed by atoms with Crippen LogP contribution in [0.1, 0.15) is 19.0 Å². The largest absolute Gasteiger partial charge is 0.330 e. The molecule has 6 heteroatoms. The second-order valence-electron chi connectivity index (χ2n) is 4.36. The van der Waals surface area contributed by atoms with Crippen molar-refractivity contribution < 1.29 is 0 Å². The van der Waals surface area contributed by atoms with E-state index in [2.05, 4.69) is 11.9 Å². The number of aromatic nitrogens is 2. The minimum absolute atomic E-state index is 0.102. The quantitative estimate of drug-likeness (QED) is 0.920. The first-order chi connectivity index (χ1) is 9.10. The fraction of sp³-hybridized carbons (Fsp3) is 0.385. The first kappa shape index (κ1) is 14.4. The van der Waals surface area contributed by atoms with Gasteiger partial charge in [0, 0.05) is 23.3 Å². The van der Waals surface area contributed by atoms with Gasteiger partial charge in [-0.15, -0.1) is 0 Å². The molecule has 19 heavy (non-hydrogen) atoms. The highest BCUT2D eigenvalue weighted by Crippen LogP contribution is 2.18. The van der Waals surface area contributed by atoms with E-state index in [1.54, 1.807) is 36.2 Å². The smallest absolute Gasteiger partial charge is 0.258 e. The van der Waals surface area contributed by atoms with E-state index in [0.29, 0.717) is 22.5 Å². The van der Waals surface area contributed by atoms with Gasteiger partial charge in [0.15, 0.2) is 0 Å². The lowest BCUT2D eigenvalue weighted by atomic mass is 10.3. The van der Waals surface area contributed by atoms with Gasteiger partial charge >= 0.3 is 0 Å². The summed E-state index contributed by atoms with van der Waals surface area (Å²) in [6.07, 6.45) is 2.55. The van der Waals surface area contributed by atoms with Crippen molar-refractivity contribution in [1.29, 1.82) is 0 Å². The third-order valence-corrected chi connectivity index (χ3v) is 4.26. The van der Waals surface area contributed by atoms with Gasteiger partial charge in [-0.3, -0.25) is 9.20 Å². The lowest BCUT2D eigenvalue weighted by molar-refractivity contribution is 0.822. The highest BCUT2D eigenvalue weighted by molar-refractivity contribution is 7.99. The van der Waals surface area contributed by atoms with Gasteiger partial charge in [-0.2, -0.15) is 11.8 Å². The summed E-state index contributed by atoms with van der Waals surface area (Å²) in [5.74, 6) is 0.718.